The van der Waals surface area contributed by atoms with Gasteiger partial charge in [0.05, 0.1) is 19.3 Å². The molecule has 3 rings (SSSR count). The number of alkyl halides is 3. The van der Waals surface area contributed by atoms with Crippen molar-refractivity contribution in [1.82, 2.24) is 5.32 Å². The first-order chi connectivity index (χ1) is 13.2. The van der Waals surface area contributed by atoms with E-state index in [9.17, 15) is 18.0 Å². The van der Waals surface area contributed by atoms with E-state index in [2.05, 4.69) is 0 Å². The molecule has 0 bridgehead atoms. The molecule has 1 N–H and O–H groups in total. The molecule has 5 nitrogen and oxygen atoms in total. The fourth-order valence-corrected chi connectivity index (χ4v) is 3.30. The van der Waals surface area contributed by atoms with E-state index < -0.39 is 17.9 Å². The number of nitrogens with zero attached hydrogens (tertiary/aromatic N) is 1. The zero-order valence-corrected chi connectivity index (χ0v) is 15.9. The van der Waals surface area contributed by atoms with Crippen LogP contribution >= 0.6 is 11.6 Å². The van der Waals surface area contributed by atoms with Crippen molar-refractivity contribution in [3.05, 3.63) is 58.6 Å². The van der Waals surface area contributed by atoms with E-state index >= 15 is 0 Å². The predicted molar refractivity (Wildman–Crippen MR) is 98.5 cm³/mol. The minimum Gasteiger partial charge on any atom is -0.497 e. The zero-order valence-electron chi connectivity index (χ0n) is 15.1. The Bertz CT molecular complexity index is 874. The normalized spacial score (nSPS) is 19.2. The Balaban J connectivity index is 2.08. The summed E-state index contributed by atoms with van der Waals surface area (Å²) in [5.41, 5.74) is -2.43. The van der Waals surface area contributed by atoms with Crippen molar-refractivity contribution in [2.45, 2.75) is 25.4 Å². The number of carbonyl (C=O) groups is 1. The van der Waals surface area contributed by atoms with Gasteiger partial charge in [0.1, 0.15) is 5.75 Å². The highest BCUT2D eigenvalue weighted by atomic mass is 35.5. The Morgan fingerprint density at radius 1 is 1.18 bits per heavy atom. The number of hydrogen-bond acceptors (Lipinski definition) is 3. The maximum atomic E-state index is 14.0. The van der Waals surface area contributed by atoms with E-state index in [4.69, 9.17) is 21.1 Å². The number of methoxy groups -OCH3 is 1. The van der Waals surface area contributed by atoms with Crippen molar-refractivity contribution in [1.29, 1.82) is 0 Å². The lowest BCUT2D eigenvalue weighted by Crippen LogP contribution is -2.64. The molecule has 1 atom stereocenters. The standard InChI is InChI=1S/C19H18ClF3N2O3/c1-3-28-18(19(21,22)23)15-10-13(20)6-9-16(15)25(17(26)24-18)11-12-4-7-14(27-2)8-5-12/h4-10H,3,11H2,1-2H3,(H,24,26)/t18-/m0/s1. The maximum Gasteiger partial charge on any atom is 0.441 e. The van der Waals surface area contributed by atoms with Crippen LogP contribution in [0.3, 0.4) is 0 Å². The van der Waals surface area contributed by atoms with E-state index in [1.54, 1.807) is 24.3 Å². The van der Waals surface area contributed by atoms with E-state index in [0.717, 1.165) is 0 Å². The first-order valence-electron chi connectivity index (χ1n) is 8.45. The van der Waals surface area contributed by atoms with E-state index in [0.29, 0.717) is 11.3 Å². The molecule has 0 radical (unpaired) electrons. The minimum absolute atomic E-state index is 0.0600. The highest BCUT2D eigenvalue weighted by Gasteiger charge is 2.62. The van der Waals surface area contributed by atoms with Crippen molar-refractivity contribution in [2.24, 2.45) is 0 Å². The van der Waals surface area contributed by atoms with Crippen molar-refractivity contribution in [3.8, 4) is 5.75 Å². The number of rotatable bonds is 5. The number of amides is 2. The molecule has 1 heterocycles. The topological polar surface area (TPSA) is 50.8 Å². The molecule has 0 spiro atoms. The quantitative estimate of drug-likeness (QED) is 0.762. The summed E-state index contributed by atoms with van der Waals surface area (Å²) >= 11 is 5.96. The molecule has 9 heteroatoms. The maximum absolute atomic E-state index is 14.0. The summed E-state index contributed by atoms with van der Waals surface area (Å²) in [4.78, 5) is 13.9. The second-order valence-corrected chi connectivity index (χ2v) is 6.57. The number of anilines is 1. The molecule has 0 fully saturated rings. The van der Waals surface area contributed by atoms with Crippen LogP contribution in [-0.2, 0) is 17.0 Å². The van der Waals surface area contributed by atoms with Gasteiger partial charge in [-0.2, -0.15) is 13.2 Å². The molecule has 1 aliphatic rings. The molecule has 1 aliphatic heterocycles. The van der Waals surface area contributed by atoms with Crippen LogP contribution in [0.25, 0.3) is 0 Å². The van der Waals surface area contributed by atoms with Crippen LogP contribution in [0.2, 0.25) is 5.02 Å². The van der Waals surface area contributed by atoms with E-state index in [1.807, 2.05) is 5.32 Å². The molecule has 0 unspecified atom stereocenters. The van der Waals surface area contributed by atoms with Gasteiger partial charge in [-0.05, 0) is 42.8 Å². The molecule has 0 aliphatic carbocycles. The van der Waals surface area contributed by atoms with Crippen molar-refractivity contribution < 1.29 is 27.4 Å². The number of urea groups is 1. The van der Waals surface area contributed by atoms with Gasteiger partial charge in [0.25, 0.3) is 5.72 Å². The fraction of sp³-hybridized carbons (Fsp3) is 0.316. The number of carbonyl (C=O) groups excluding carboxylic acids is 1. The molecule has 0 saturated heterocycles. The minimum atomic E-state index is -4.88. The van der Waals surface area contributed by atoms with E-state index in [-0.39, 0.29) is 29.4 Å². The molecule has 2 aromatic rings. The SMILES string of the molecule is CCO[C@@]1(C(F)(F)F)NC(=O)N(Cc2ccc(OC)cc2)c2ccc(Cl)cc21. The Hall–Kier alpha value is -2.45. The molecular weight excluding hydrogens is 397 g/mol. The lowest BCUT2D eigenvalue weighted by atomic mass is 9.96. The third kappa shape index (κ3) is 3.49. The summed E-state index contributed by atoms with van der Waals surface area (Å²) < 4.78 is 52.1. The zero-order chi connectivity index (χ0) is 20.5. The van der Waals surface area contributed by atoms with Crippen LogP contribution < -0.4 is 15.0 Å². The van der Waals surface area contributed by atoms with Crippen molar-refractivity contribution in [3.63, 3.8) is 0 Å². The van der Waals surface area contributed by atoms with Gasteiger partial charge in [0.2, 0.25) is 0 Å². The Labute approximate surface area is 165 Å². The van der Waals surface area contributed by atoms with Crippen LogP contribution in [0, 0.1) is 0 Å². The second-order valence-electron chi connectivity index (χ2n) is 6.14. The third-order valence-corrected chi connectivity index (χ3v) is 4.65. The monoisotopic (exact) mass is 414 g/mol. The molecule has 150 valence electrons. The summed E-state index contributed by atoms with van der Waals surface area (Å²) in [5.74, 6) is 0.631. The van der Waals surface area contributed by atoms with Gasteiger partial charge in [0, 0.05) is 17.2 Å². The van der Waals surface area contributed by atoms with E-state index in [1.165, 1.54) is 37.1 Å². The van der Waals surface area contributed by atoms with Gasteiger partial charge in [-0.15, -0.1) is 0 Å². The van der Waals surface area contributed by atoms with Gasteiger partial charge >= 0.3 is 12.2 Å². The molecule has 28 heavy (non-hydrogen) atoms. The molecule has 2 aromatic carbocycles. The molecule has 0 aromatic heterocycles. The fourth-order valence-electron chi connectivity index (χ4n) is 3.13. The lowest BCUT2D eigenvalue weighted by molar-refractivity contribution is -0.292. The summed E-state index contributed by atoms with van der Waals surface area (Å²) in [7, 11) is 1.53. The smallest absolute Gasteiger partial charge is 0.441 e. The number of ether oxygens (including phenoxy) is 2. The summed E-state index contributed by atoms with van der Waals surface area (Å²) in [5, 5.41) is 2.11. The van der Waals surface area contributed by atoms with Gasteiger partial charge in [-0.3, -0.25) is 10.2 Å². The predicted octanol–water partition coefficient (Wildman–Crippen LogP) is 4.83. The van der Waals surface area contributed by atoms with Crippen LogP contribution in [0.1, 0.15) is 18.1 Å². The van der Waals surface area contributed by atoms with Crippen LogP contribution in [0.4, 0.5) is 23.7 Å². The Morgan fingerprint density at radius 3 is 2.43 bits per heavy atom. The highest BCUT2D eigenvalue weighted by molar-refractivity contribution is 6.30. The van der Waals surface area contributed by atoms with Crippen molar-refractivity contribution in [2.75, 3.05) is 18.6 Å². The Morgan fingerprint density at radius 2 is 1.86 bits per heavy atom. The second kappa shape index (κ2) is 7.52. The highest BCUT2D eigenvalue weighted by Crippen LogP contribution is 2.47. The Kier molecular flexibility index (Phi) is 5.45. The number of hydrogen-bond donors (Lipinski definition) is 1. The number of benzene rings is 2. The largest absolute Gasteiger partial charge is 0.497 e. The van der Waals surface area contributed by atoms with Crippen LogP contribution in [-0.4, -0.2) is 25.9 Å². The molecule has 0 saturated carbocycles. The number of nitrogens with one attached hydrogen (secondary N) is 1. The van der Waals surface area contributed by atoms with Gasteiger partial charge in [0.15, 0.2) is 0 Å². The summed E-state index contributed by atoms with van der Waals surface area (Å²) in [6.45, 7) is 1.22. The molecular formula is C19H18ClF3N2O3. The average Bonchev–Trinajstić information content (AvgIpc) is 2.64. The van der Waals surface area contributed by atoms with Gasteiger partial charge < -0.3 is 9.47 Å². The first kappa shape index (κ1) is 20.3. The van der Waals surface area contributed by atoms with Crippen LogP contribution in [0.5, 0.6) is 5.75 Å². The average molecular weight is 415 g/mol. The van der Waals surface area contributed by atoms with Gasteiger partial charge in [-0.1, -0.05) is 23.7 Å². The number of halogens is 4. The van der Waals surface area contributed by atoms with Crippen molar-refractivity contribution >= 4 is 23.3 Å². The van der Waals surface area contributed by atoms with Gasteiger partial charge in [-0.25, -0.2) is 4.79 Å². The third-order valence-electron chi connectivity index (χ3n) is 4.42. The lowest BCUT2D eigenvalue weighted by Gasteiger charge is -2.44. The molecule has 2 amide bonds. The summed E-state index contributed by atoms with van der Waals surface area (Å²) in [6.07, 6.45) is -4.88. The number of fused-ring (bicyclic) bond motifs is 1. The summed E-state index contributed by atoms with van der Waals surface area (Å²) in [6, 6.07) is 9.95. The first-order valence-corrected chi connectivity index (χ1v) is 8.83. The van der Waals surface area contributed by atoms with Crippen LogP contribution in [0.15, 0.2) is 42.5 Å².